The predicted octanol–water partition coefficient (Wildman–Crippen LogP) is 3.60. The summed E-state index contributed by atoms with van der Waals surface area (Å²) >= 11 is 0. The third-order valence-electron chi connectivity index (χ3n) is 2.93. The van der Waals surface area contributed by atoms with Crippen LogP contribution in [0.2, 0.25) is 0 Å². The first-order chi connectivity index (χ1) is 9.06. The molecule has 0 aromatic heterocycles. The standard InChI is InChI=1S/C16H18FNO/c1-11-4-3-5-15(10-11)19-16(12(2)18)13-6-8-14(17)9-7-13/h3-10,12,16H,18H2,1-2H3. The molecule has 19 heavy (non-hydrogen) atoms. The molecule has 0 aliphatic rings. The SMILES string of the molecule is Cc1cccc(OC(c2ccc(F)cc2)C(C)N)c1. The van der Waals surface area contributed by atoms with Gasteiger partial charge in [0.15, 0.2) is 0 Å². The molecule has 0 aliphatic carbocycles. The first-order valence-electron chi connectivity index (χ1n) is 6.30. The summed E-state index contributed by atoms with van der Waals surface area (Å²) in [4.78, 5) is 0. The van der Waals surface area contributed by atoms with E-state index in [1.165, 1.54) is 12.1 Å². The molecule has 2 rings (SSSR count). The molecule has 0 saturated carbocycles. The van der Waals surface area contributed by atoms with Crippen molar-refractivity contribution in [3.63, 3.8) is 0 Å². The van der Waals surface area contributed by atoms with E-state index in [9.17, 15) is 4.39 Å². The van der Waals surface area contributed by atoms with Crippen molar-refractivity contribution in [2.45, 2.75) is 26.0 Å². The third kappa shape index (κ3) is 3.55. The second kappa shape index (κ2) is 5.85. The highest BCUT2D eigenvalue weighted by Crippen LogP contribution is 2.25. The van der Waals surface area contributed by atoms with Gasteiger partial charge in [0.2, 0.25) is 0 Å². The molecule has 0 spiro atoms. The van der Waals surface area contributed by atoms with Crippen molar-refractivity contribution in [3.8, 4) is 5.75 Å². The Labute approximate surface area is 113 Å². The summed E-state index contributed by atoms with van der Waals surface area (Å²) in [5, 5.41) is 0. The minimum Gasteiger partial charge on any atom is -0.484 e. The summed E-state index contributed by atoms with van der Waals surface area (Å²) in [5.41, 5.74) is 7.97. The molecular weight excluding hydrogens is 241 g/mol. The molecule has 100 valence electrons. The molecule has 2 N–H and O–H groups in total. The maximum atomic E-state index is 13.0. The Morgan fingerprint density at radius 3 is 2.37 bits per heavy atom. The van der Waals surface area contributed by atoms with Crippen molar-refractivity contribution < 1.29 is 9.13 Å². The summed E-state index contributed by atoms with van der Waals surface area (Å²) in [6.07, 6.45) is -0.289. The third-order valence-corrected chi connectivity index (χ3v) is 2.93. The molecule has 2 atom stereocenters. The minimum atomic E-state index is -0.289. The highest BCUT2D eigenvalue weighted by atomic mass is 19.1. The van der Waals surface area contributed by atoms with Gasteiger partial charge in [0.25, 0.3) is 0 Å². The van der Waals surface area contributed by atoms with E-state index in [-0.39, 0.29) is 18.0 Å². The number of aryl methyl sites for hydroxylation is 1. The summed E-state index contributed by atoms with van der Waals surface area (Å²) < 4.78 is 18.9. The van der Waals surface area contributed by atoms with Crippen molar-refractivity contribution in [1.82, 2.24) is 0 Å². The summed E-state index contributed by atoms with van der Waals surface area (Å²) in [6.45, 7) is 3.88. The highest BCUT2D eigenvalue weighted by Gasteiger charge is 2.18. The van der Waals surface area contributed by atoms with Gasteiger partial charge in [0, 0.05) is 6.04 Å². The van der Waals surface area contributed by atoms with Crippen LogP contribution in [0.3, 0.4) is 0 Å². The van der Waals surface area contributed by atoms with Crippen LogP contribution >= 0.6 is 0 Å². The Hall–Kier alpha value is -1.87. The Kier molecular flexibility index (Phi) is 4.17. The summed E-state index contributed by atoms with van der Waals surface area (Å²) in [5.74, 6) is 0.509. The lowest BCUT2D eigenvalue weighted by Crippen LogP contribution is -2.29. The van der Waals surface area contributed by atoms with Gasteiger partial charge in [-0.05, 0) is 49.2 Å². The van der Waals surface area contributed by atoms with Crippen molar-refractivity contribution in [3.05, 3.63) is 65.5 Å². The second-order valence-corrected chi connectivity index (χ2v) is 4.77. The maximum Gasteiger partial charge on any atom is 0.138 e. The number of hydrogen-bond donors (Lipinski definition) is 1. The number of benzene rings is 2. The number of halogens is 1. The first kappa shape index (κ1) is 13.6. The van der Waals surface area contributed by atoms with E-state index in [2.05, 4.69) is 0 Å². The zero-order valence-corrected chi connectivity index (χ0v) is 11.1. The molecule has 2 aromatic carbocycles. The van der Waals surface area contributed by atoms with Crippen LogP contribution in [0.4, 0.5) is 4.39 Å². The Morgan fingerprint density at radius 2 is 1.79 bits per heavy atom. The van der Waals surface area contributed by atoms with Gasteiger partial charge < -0.3 is 10.5 Å². The Morgan fingerprint density at radius 1 is 1.11 bits per heavy atom. The molecule has 0 saturated heterocycles. The van der Waals surface area contributed by atoms with E-state index in [1.54, 1.807) is 12.1 Å². The fourth-order valence-corrected chi connectivity index (χ4v) is 1.97. The molecule has 3 heteroatoms. The lowest BCUT2D eigenvalue weighted by atomic mass is 10.0. The lowest BCUT2D eigenvalue weighted by molar-refractivity contribution is 0.180. The van der Waals surface area contributed by atoms with E-state index in [1.807, 2.05) is 38.1 Å². The number of ether oxygens (including phenoxy) is 1. The van der Waals surface area contributed by atoms with Crippen molar-refractivity contribution in [2.75, 3.05) is 0 Å². The molecule has 0 aliphatic heterocycles. The second-order valence-electron chi connectivity index (χ2n) is 4.77. The first-order valence-corrected chi connectivity index (χ1v) is 6.30. The smallest absolute Gasteiger partial charge is 0.138 e. The zero-order valence-electron chi connectivity index (χ0n) is 11.1. The molecular formula is C16H18FNO. The van der Waals surface area contributed by atoms with Crippen LogP contribution in [0, 0.1) is 12.7 Å². The van der Waals surface area contributed by atoms with Gasteiger partial charge in [0.1, 0.15) is 17.7 Å². The van der Waals surface area contributed by atoms with Crippen LogP contribution in [0.1, 0.15) is 24.2 Å². The summed E-state index contributed by atoms with van der Waals surface area (Å²) in [6, 6.07) is 13.9. The van der Waals surface area contributed by atoms with Gasteiger partial charge >= 0.3 is 0 Å². The highest BCUT2D eigenvalue weighted by molar-refractivity contribution is 5.29. The average Bonchev–Trinajstić information content (AvgIpc) is 2.37. The molecule has 2 unspecified atom stereocenters. The van der Waals surface area contributed by atoms with Crippen molar-refractivity contribution >= 4 is 0 Å². The van der Waals surface area contributed by atoms with E-state index < -0.39 is 0 Å². The molecule has 0 bridgehead atoms. The largest absolute Gasteiger partial charge is 0.484 e. The molecule has 0 heterocycles. The van der Waals surface area contributed by atoms with Gasteiger partial charge in [0.05, 0.1) is 0 Å². The zero-order chi connectivity index (χ0) is 13.8. The molecule has 0 radical (unpaired) electrons. The van der Waals surface area contributed by atoms with Gasteiger partial charge in [-0.2, -0.15) is 0 Å². The average molecular weight is 259 g/mol. The Bertz CT molecular complexity index is 537. The molecule has 2 nitrogen and oxygen atoms in total. The van der Waals surface area contributed by atoms with Gasteiger partial charge in [-0.1, -0.05) is 24.3 Å². The van der Waals surface area contributed by atoms with Crippen LogP contribution in [-0.4, -0.2) is 6.04 Å². The topological polar surface area (TPSA) is 35.2 Å². The molecule has 0 fully saturated rings. The van der Waals surface area contributed by atoms with Crippen molar-refractivity contribution in [1.29, 1.82) is 0 Å². The minimum absolute atomic E-state index is 0.189. The number of nitrogens with two attached hydrogens (primary N) is 1. The number of hydrogen-bond acceptors (Lipinski definition) is 2. The fraction of sp³-hybridized carbons (Fsp3) is 0.250. The monoisotopic (exact) mass is 259 g/mol. The predicted molar refractivity (Wildman–Crippen MR) is 74.6 cm³/mol. The van der Waals surface area contributed by atoms with Crippen molar-refractivity contribution in [2.24, 2.45) is 5.73 Å². The van der Waals surface area contributed by atoms with Crippen LogP contribution in [0.25, 0.3) is 0 Å². The normalized spacial score (nSPS) is 13.9. The fourth-order valence-electron chi connectivity index (χ4n) is 1.97. The van der Waals surface area contributed by atoms with E-state index in [0.717, 1.165) is 16.9 Å². The Balaban J connectivity index is 2.23. The van der Waals surface area contributed by atoms with Gasteiger partial charge in [-0.25, -0.2) is 4.39 Å². The van der Waals surface area contributed by atoms with Crippen LogP contribution in [0.5, 0.6) is 5.75 Å². The van der Waals surface area contributed by atoms with Crippen LogP contribution in [-0.2, 0) is 0 Å². The quantitative estimate of drug-likeness (QED) is 0.910. The van der Waals surface area contributed by atoms with Gasteiger partial charge in [-0.3, -0.25) is 0 Å². The van der Waals surface area contributed by atoms with Crippen LogP contribution < -0.4 is 10.5 Å². The maximum absolute atomic E-state index is 13.0. The van der Waals surface area contributed by atoms with E-state index in [4.69, 9.17) is 10.5 Å². The lowest BCUT2D eigenvalue weighted by Gasteiger charge is -2.23. The number of rotatable bonds is 4. The summed E-state index contributed by atoms with van der Waals surface area (Å²) in [7, 11) is 0. The van der Waals surface area contributed by atoms with Crippen LogP contribution in [0.15, 0.2) is 48.5 Å². The van der Waals surface area contributed by atoms with Gasteiger partial charge in [-0.15, -0.1) is 0 Å². The van der Waals surface area contributed by atoms with E-state index >= 15 is 0 Å². The van der Waals surface area contributed by atoms with E-state index in [0.29, 0.717) is 0 Å². The molecule has 2 aromatic rings. The molecule has 0 amide bonds.